The Hall–Kier alpha value is -2.04. The van der Waals surface area contributed by atoms with Crippen LogP contribution in [-0.4, -0.2) is 20.6 Å². The van der Waals surface area contributed by atoms with Crippen molar-refractivity contribution in [2.45, 2.75) is 39.2 Å². The Balaban J connectivity index is 1.96. The number of carboxylic acid groups (broad SMARTS) is 1. The van der Waals surface area contributed by atoms with E-state index in [-0.39, 0.29) is 11.3 Å². The summed E-state index contributed by atoms with van der Waals surface area (Å²) in [4.78, 5) is 26.1. The van der Waals surface area contributed by atoms with Crippen molar-refractivity contribution in [3.63, 3.8) is 0 Å². The van der Waals surface area contributed by atoms with Crippen molar-refractivity contribution >= 4 is 17.0 Å². The highest BCUT2D eigenvalue weighted by Gasteiger charge is 2.21. The van der Waals surface area contributed by atoms with Crippen molar-refractivity contribution in [2.75, 3.05) is 0 Å². The molecule has 2 N–H and O–H groups in total. The monoisotopic (exact) mass is 288 g/mol. The zero-order valence-electron chi connectivity index (χ0n) is 12.1. The summed E-state index contributed by atoms with van der Waals surface area (Å²) >= 11 is 0. The summed E-state index contributed by atoms with van der Waals surface area (Å²) < 4.78 is 1.70. The van der Waals surface area contributed by atoms with Crippen LogP contribution < -0.4 is 5.69 Å². The van der Waals surface area contributed by atoms with Gasteiger partial charge in [0.2, 0.25) is 0 Å². The van der Waals surface area contributed by atoms with Crippen molar-refractivity contribution in [2.24, 2.45) is 11.8 Å². The van der Waals surface area contributed by atoms with Crippen LogP contribution in [-0.2, 0) is 6.54 Å². The maximum absolute atomic E-state index is 12.2. The lowest BCUT2D eigenvalue weighted by Crippen LogP contribution is -2.24. The molecule has 0 radical (unpaired) electrons. The van der Waals surface area contributed by atoms with Crippen molar-refractivity contribution in [1.29, 1.82) is 0 Å². The zero-order valence-corrected chi connectivity index (χ0v) is 12.1. The number of aromatic carboxylic acids is 1. The third-order valence-electron chi connectivity index (χ3n) is 4.62. The maximum Gasteiger partial charge on any atom is 0.337 e. The quantitative estimate of drug-likeness (QED) is 0.912. The standard InChI is InChI=1S/C16H20N2O3/c1-10-5-7-11(8-6-10)9-18-13-4-2-3-12(15(19)20)14(13)17-16(18)21/h2-4,10-11H,5-9H2,1H3,(H,17,21)(H,19,20). The van der Waals surface area contributed by atoms with Crippen LogP contribution in [0.5, 0.6) is 0 Å². The van der Waals surface area contributed by atoms with E-state index in [1.165, 1.54) is 18.9 Å². The third kappa shape index (κ3) is 2.60. The average Bonchev–Trinajstić information content (AvgIpc) is 2.77. The Kier molecular flexibility index (Phi) is 3.57. The number of fused-ring (bicyclic) bond motifs is 1. The molecule has 1 saturated carbocycles. The molecule has 1 aromatic heterocycles. The van der Waals surface area contributed by atoms with Crippen LogP contribution in [0.2, 0.25) is 0 Å². The number of benzene rings is 1. The molecule has 1 aliphatic rings. The van der Waals surface area contributed by atoms with E-state index < -0.39 is 5.97 Å². The molecule has 0 amide bonds. The van der Waals surface area contributed by atoms with Gasteiger partial charge in [-0.05, 0) is 36.8 Å². The van der Waals surface area contributed by atoms with Crippen LogP contribution in [0.1, 0.15) is 43.0 Å². The van der Waals surface area contributed by atoms with E-state index in [1.807, 2.05) is 6.07 Å². The van der Waals surface area contributed by atoms with Gasteiger partial charge in [0.15, 0.2) is 0 Å². The lowest BCUT2D eigenvalue weighted by atomic mass is 9.83. The molecule has 1 aliphatic carbocycles. The van der Waals surface area contributed by atoms with Crippen LogP contribution in [0, 0.1) is 11.8 Å². The first kappa shape index (κ1) is 13.9. The smallest absolute Gasteiger partial charge is 0.337 e. The summed E-state index contributed by atoms with van der Waals surface area (Å²) in [6.45, 7) is 2.95. The Morgan fingerprint density at radius 2 is 2.05 bits per heavy atom. The molecule has 5 nitrogen and oxygen atoms in total. The number of aromatic nitrogens is 2. The Labute approximate surface area is 122 Å². The van der Waals surface area contributed by atoms with Crippen LogP contribution >= 0.6 is 0 Å². The molecule has 3 rings (SSSR count). The van der Waals surface area contributed by atoms with Crippen molar-refractivity contribution in [3.8, 4) is 0 Å². The number of hydrogen-bond acceptors (Lipinski definition) is 2. The minimum atomic E-state index is -1.01. The van der Waals surface area contributed by atoms with E-state index in [2.05, 4.69) is 11.9 Å². The first-order valence-electron chi connectivity index (χ1n) is 7.51. The lowest BCUT2D eigenvalue weighted by molar-refractivity contribution is 0.0699. The summed E-state index contributed by atoms with van der Waals surface area (Å²) in [5.74, 6) is 0.270. The van der Waals surface area contributed by atoms with Gasteiger partial charge in [0.05, 0.1) is 16.6 Å². The van der Waals surface area contributed by atoms with Crippen molar-refractivity contribution < 1.29 is 9.90 Å². The van der Waals surface area contributed by atoms with E-state index >= 15 is 0 Å². The van der Waals surface area contributed by atoms with Gasteiger partial charge in [-0.25, -0.2) is 9.59 Å². The fraction of sp³-hybridized carbons (Fsp3) is 0.500. The lowest BCUT2D eigenvalue weighted by Gasteiger charge is -2.26. The fourth-order valence-corrected chi connectivity index (χ4v) is 3.31. The average molecular weight is 288 g/mol. The molecule has 5 heteroatoms. The van der Waals surface area contributed by atoms with Crippen molar-refractivity contribution in [3.05, 3.63) is 34.2 Å². The number of H-pyrrole nitrogens is 1. The number of aromatic amines is 1. The van der Waals surface area contributed by atoms with E-state index in [4.69, 9.17) is 0 Å². The van der Waals surface area contributed by atoms with Gasteiger partial charge in [-0.3, -0.25) is 4.57 Å². The number of para-hydroxylation sites is 1. The fourth-order valence-electron chi connectivity index (χ4n) is 3.31. The topological polar surface area (TPSA) is 75.1 Å². The minimum absolute atomic E-state index is 0.153. The number of hydrogen-bond donors (Lipinski definition) is 2. The Morgan fingerprint density at radius 3 is 2.71 bits per heavy atom. The second kappa shape index (κ2) is 5.39. The molecule has 0 spiro atoms. The van der Waals surface area contributed by atoms with Crippen LogP contribution in [0.15, 0.2) is 23.0 Å². The largest absolute Gasteiger partial charge is 0.478 e. The molecule has 0 bridgehead atoms. The number of rotatable bonds is 3. The van der Waals surface area contributed by atoms with E-state index in [0.717, 1.165) is 18.8 Å². The molecule has 0 aliphatic heterocycles. The molecule has 21 heavy (non-hydrogen) atoms. The first-order valence-corrected chi connectivity index (χ1v) is 7.51. The predicted molar refractivity (Wildman–Crippen MR) is 80.6 cm³/mol. The molecule has 1 fully saturated rings. The van der Waals surface area contributed by atoms with Gasteiger partial charge >= 0.3 is 11.7 Å². The highest BCUT2D eigenvalue weighted by atomic mass is 16.4. The molecular formula is C16H20N2O3. The minimum Gasteiger partial charge on any atom is -0.478 e. The molecule has 0 saturated heterocycles. The second-order valence-electron chi connectivity index (χ2n) is 6.17. The molecule has 2 aromatic rings. The maximum atomic E-state index is 12.2. The molecule has 0 atom stereocenters. The molecule has 1 aromatic carbocycles. The molecule has 112 valence electrons. The summed E-state index contributed by atoms with van der Waals surface area (Å²) in [5, 5.41) is 9.20. The van der Waals surface area contributed by atoms with Crippen LogP contribution in [0.25, 0.3) is 11.0 Å². The Bertz CT molecular complexity index is 721. The van der Waals surface area contributed by atoms with Gasteiger partial charge in [0, 0.05) is 6.54 Å². The van der Waals surface area contributed by atoms with Gasteiger partial charge in [-0.2, -0.15) is 0 Å². The van der Waals surface area contributed by atoms with E-state index in [0.29, 0.717) is 23.5 Å². The molecule has 1 heterocycles. The number of carboxylic acids is 1. The third-order valence-corrected chi connectivity index (χ3v) is 4.62. The highest BCUT2D eigenvalue weighted by Crippen LogP contribution is 2.29. The number of nitrogens with zero attached hydrogens (tertiary/aromatic N) is 1. The van der Waals surface area contributed by atoms with Crippen molar-refractivity contribution in [1.82, 2.24) is 9.55 Å². The van der Waals surface area contributed by atoms with Gasteiger partial charge in [-0.15, -0.1) is 0 Å². The molecular weight excluding hydrogens is 268 g/mol. The summed E-state index contributed by atoms with van der Waals surface area (Å²) in [6, 6.07) is 5.02. The SMILES string of the molecule is CC1CCC(Cn2c(=O)[nH]c3c(C(=O)O)cccc32)CC1. The van der Waals surface area contributed by atoms with Gasteiger partial charge in [0.25, 0.3) is 0 Å². The second-order valence-corrected chi connectivity index (χ2v) is 6.17. The first-order chi connectivity index (χ1) is 10.1. The zero-order chi connectivity index (χ0) is 15.0. The number of nitrogens with one attached hydrogen (secondary N) is 1. The van der Waals surface area contributed by atoms with E-state index in [1.54, 1.807) is 10.6 Å². The van der Waals surface area contributed by atoms with Gasteiger partial charge in [-0.1, -0.05) is 25.8 Å². The predicted octanol–water partition coefficient (Wildman–Crippen LogP) is 2.85. The van der Waals surface area contributed by atoms with Gasteiger partial charge < -0.3 is 10.1 Å². The van der Waals surface area contributed by atoms with Crippen LogP contribution in [0.3, 0.4) is 0 Å². The molecule has 0 unspecified atom stereocenters. The summed E-state index contributed by atoms with van der Waals surface area (Å²) in [7, 11) is 0. The summed E-state index contributed by atoms with van der Waals surface area (Å²) in [6.07, 6.45) is 4.70. The number of carbonyl (C=O) groups is 1. The normalized spacial score (nSPS) is 22.5. The van der Waals surface area contributed by atoms with Gasteiger partial charge in [0.1, 0.15) is 0 Å². The summed E-state index contributed by atoms with van der Waals surface area (Å²) in [5.41, 5.74) is 1.07. The Morgan fingerprint density at radius 1 is 1.33 bits per heavy atom. The number of imidazole rings is 1. The highest BCUT2D eigenvalue weighted by molar-refractivity contribution is 6.00. The van der Waals surface area contributed by atoms with E-state index in [9.17, 15) is 14.7 Å². The van der Waals surface area contributed by atoms with Crippen LogP contribution in [0.4, 0.5) is 0 Å².